The van der Waals surface area contributed by atoms with E-state index in [4.69, 9.17) is 0 Å². The predicted octanol–water partition coefficient (Wildman–Crippen LogP) is 3.39. The number of aromatic amines is 1. The molecular weight excluding hydrogens is 378 g/mol. The Balaban J connectivity index is 0.000000216. The van der Waals surface area contributed by atoms with Gasteiger partial charge in [0.1, 0.15) is 12.7 Å². The molecule has 0 aliphatic carbocycles. The number of H-pyrrole nitrogens is 1. The summed E-state index contributed by atoms with van der Waals surface area (Å²) in [6.45, 7) is 1.81. The smallest absolute Gasteiger partial charge is 0.337 e. The molecule has 156 valence electrons. The van der Waals surface area contributed by atoms with Crippen LogP contribution in [0.2, 0.25) is 0 Å². The lowest BCUT2D eigenvalue weighted by Gasteiger charge is -2.08. The first-order chi connectivity index (χ1) is 14.6. The second-order valence-corrected chi connectivity index (χ2v) is 7.20. The van der Waals surface area contributed by atoms with Crippen LogP contribution in [0.5, 0.6) is 0 Å². The van der Waals surface area contributed by atoms with E-state index in [1.165, 1.54) is 29.1 Å². The van der Waals surface area contributed by atoms with Crippen molar-refractivity contribution in [1.29, 1.82) is 0 Å². The van der Waals surface area contributed by atoms with Gasteiger partial charge in [-0.3, -0.25) is 0 Å². The summed E-state index contributed by atoms with van der Waals surface area (Å²) >= 11 is 0. The average Bonchev–Trinajstić information content (AvgIpc) is 3.42. The second-order valence-electron chi connectivity index (χ2n) is 7.20. The molecule has 7 nitrogen and oxygen atoms in total. The van der Waals surface area contributed by atoms with Gasteiger partial charge in [0.25, 0.3) is 0 Å². The number of nitrogens with zero attached hydrogens (tertiary/aromatic N) is 4. The molecule has 0 spiro atoms. The number of benzene rings is 2. The van der Waals surface area contributed by atoms with E-state index in [0.717, 1.165) is 19.5 Å². The highest BCUT2D eigenvalue weighted by atomic mass is 16.5. The van der Waals surface area contributed by atoms with Crippen molar-refractivity contribution >= 4 is 16.9 Å². The molecule has 4 aromatic rings. The van der Waals surface area contributed by atoms with Crippen LogP contribution in [0.4, 0.5) is 0 Å². The van der Waals surface area contributed by atoms with Gasteiger partial charge in [-0.15, -0.1) is 0 Å². The Bertz CT molecular complexity index is 1060. The van der Waals surface area contributed by atoms with Crippen molar-refractivity contribution in [3.8, 4) is 0 Å². The zero-order chi connectivity index (χ0) is 21.3. The molecule has 0 unspecified atom stereocenters. The minimum absolute atomic E-state index is 0.291. The molecule has 2 aromatic heterocycles. The molecule has 0 radical (unpaired) electrons. The van der Waals surface area contributed by atoms with Crippen LogP contribution in [0.15, 0.2) is 67.4 Å². The topological polar surface area (TPSA) is 76.0 Å². The molecule has 0 saturated carbocycles. The van der Waals surface area contributed by atoms with Gasteiger partial charge < -0.3 is 14.6 Å². The lowest BCUT2D eigenvalue weighted by molar-refractivity contribution is 0.0600. The van der Waals surface area contributed by atoms with Gasteiger partial charge in [0.05, 0.1) is 19.2 Å². The first-order valence-corrected chi connectivity index (χ1v) is 9.76. The highest BCUT2D eigenvalue weighted by Gasteiger charge is 2.06. The van der Waals surface area contributed by atoms with E-state index in [1.54, 1.807) is 36.9 Å². The monoisotopic (exact) mass is 405 g/mol. The minimum Gasteiger partial charge on any atom is -0.465 e. The summed E-state index contributed by atoms with van der Waals surface area (Å²) < 4.78 is 6.34. The highest BCUT2D eigenvalue weighted by Crippen LogP contribution is 2.21. The van der Waals surface area contributed by atoms with Gasteiger partial charge in [-0.25, -0.2) is 14.5 Å². The number of fused-ring (bicyclic) bond motifs is 1. The molecule has 0 aliphatic rings. The maximum absolute atomic E-state index is 10.8. The van der Waals surface area contributed by atoms with Crippen LogP contribution in [0.25, 0.3) is 10.9 Å². The van der Waals surface area contributed by atoms with E-state index in [2.05, 4.69) is 63.2 Å². The number of rotatable bonds is 6. The van der Waals surface area contributed by atoms with Crippen LogP contribution in [-0.2, 0) is 17.7 Å². The van der Waals surface area contributed by atoms with Gasteiger partial charge in [0, 0.05) is 23.6 Å². The standard InChI is InChI=1S/C15H19N5.C8H8O2/c1-19(2)6-5-13-8-17-15-4-3-12(7-14(13)15)9-20-11-16-10-18-20;1-10-8(9)7-5-3-2-4-6-7/h3-4,7-8,10-11,17H,5-6,9H2,1-2H3;2-6H,1H3. The highest BCUT2D eigenvalue weighted by molar-refractivity contribution is 5.89. The summed E-state index contributed by atoms with van der Waals surface area (Å²) in [5.74, 6) is -0.291. The number of esters is 1. The molecule has 2 heterocycles. The van der Waals surface area contributed by atoms with Crippen LogP contribution in [0, 0.1) is 0 Å². The summed E-state index contributed by atoms with van der Waals surface area (Å²) in [7, 11) is 5.57. The van der Waals surface area contributed by atoms with Gasteiger partial charge in [0.15, 0.2) is 0 Å². The average molecular weight is 406 g/mol. The van der Waals surface area contributed by atoms with Crippen LogP contribution in [0.3, 0.4) is 0 Å². The number of nitrogens with one attached hydrogen (secondary N) is 1. The third-order valence-electron chi connectivity index (χ3n) is 4.67. The molecule has 0 bridgehead atoms. The van der Waals surface area contributed by atoms with Gasteiger partial charge in [-0.1, -0.05) is 24.3 Å². The molecular formula is C23H27N5O2. The number of carbonyl (C=O) groups excluding carboxylic acids is 1. The summed E-state index contributed by atoms with van der Waals surface area (Å²) in [6.07, 6.45) is 6.48. The third-order valence-corrected chi connectivity index (χ3v) is 4.67. The third kappa shape index (κ3) is 5.78. The summed E-state index contributed by atoms with van der Waals surface area (Å²) in [5.41, 5.74) is 4.40. The van der Waals surface area contributed by atoms with Crippen molar-refractivity contribution in [3.63, 3.8) is 0 Å². The summed E-state index contributed by atoms with van der Waals surface area (Å²) in [5, 5.41) is 5.46. The first kappa shape index (κ1) is 21.3. The number of likely N-dealkylation sites (N-methyl/N-ethyl adjacent to an activating group) is 1. The summed E-state index contributed by atoms with van der Waals surface area (Å²) in [4.78, 5) is 20.3. The predicted molar refractivity (Wildman–Crippen MR) is 117 cm³/mol. The fourth-order valence-electron chi connectivity index (χ4n) is 3.07. The van der Waals surface area contributed by atoms with E-state index >= 15 is 0 Å². The van der Waals surface area contributed by atoms with Crippen molar-refractivity contribution in [2.24, 2.45) is 0 Å². The Morgan fingerprint density at radius 2 is 1.97 bits per heavy atom. The molecule has 0 fully saturated rings. The molecule has 2 aromatic carbocycles. The molecule has 7 heteroatoms. The molecule has 0 saturated heterocycles. The molecule has 4 rings (SSSR count). The lowest BCUT2D eigenvalue weighted by Crippen LogP contribution is -2.14. The van der Waals surface area contributed by atoms with Gasteiger partial charge in [-0.05, 0) is 55.9 Å². The van der Waals surface area contributed by atoms with Crippen molar-refractivity contribution < 1.29 is 9.53 Å². The lowest BCUT2D eigenvalue weighted by atomic mass is 10.1. The Hall–Kier alpha value is -3.45. The molecule has 0 atom stereocenters. The van der Waals surface area contributed by atoms with Crippen molar-refractivity contribution in [2.75, 3.05) is 27.7 Å². The number of ether oxygens (including phenoxy) is 1. The van der Waals surface area contributed by atoms with Crippen LogP contribution in [0.1, 0.15) is 21.5 Å². The van der Waals surface area contributed by atoms with Crippen LogP contribution < -0.4 is 0 Å². The Kier molecular flexibility index (Phi) is 7.34. The Labute approximate surface area is 176 Å². The number of hydrogen-bond donors (Lipinski definition) is 1. The molecule has 30 heavy (non-hydrogen) atoms. The fourth-order valence-corrected chi connectivity index (χ4v) is 3.07. The number of methoxy groups -OCH3 is 1. The number of aromatic nitrogens is 4. The second kappa shape index (κ2) is 10.4. The van der Waals surface area contributed by atoms with Crippen LogP contribution in [-0.4, -0.2) is 58.4 Å². The number of carbonyl (C=O) groups is 1. The SMILES string of the molecule is CN(C)CCc1c[nH]c2ccc(Cn3cncn3)cc12.COC(=O)c1ccccc1. The fraction of sp³-hybridized carbons (Fsp3) is 0.261. The van der Waals surface area contributed by atoms with E-state index in [9.17, 15) is 4.79 Å². The Morgan fingerprint density at radius 3 is 2.63 bits per heavy atom. The van der Waals surface area contributed by atoms with E-state index in [-0.39, 0.29) is 5.97 Å². The number of hydrogen-bond acceptors (Lipinski definition) is 5. The van der Waals surface area contributed by atoms with Gasteiger partial charge in [-0.2, -0.15) is 5.10 Å². The minimum atomic E-state index is -0.291. The normalized spacial score (nSPS) is 10.7. The van der Waals surface area contributed by atoms with E-state index < -0.39 is 0 Å². The Morgan fingerprint density at radius 1 is 1.17 bits per heavy atom. The first-order valence-electron chi connectivity index (χ1n) is 9.76. The van der Waals surface area contributed by atoms with Crippen molar-refractivity contribution in [2.45, 2.75) is 13.0 Å². The van der Waals surface area contributed by atoms with E-state index in [0.29, 0.717) is 5.56 Å². The zero-order valence-electron chi connectivity index (χ0n) is 17.6. The largest absolute Gasteiger partial charge is 0.465 e. The molecule has 1 N–H and O–H groups in total. The molecule has 0 amide bonds. The van der Waals surface area contributed by atoms with Gasteiger partial charge in [0.2, 0.25) is 0 Å². The van der Waals surface area contributed by atoms with E-state index in [1.807, 2.05) is 10.7 Å². The van der Waals surface area contributed by atoms with Crippen molar-refractivity contribution in [1.82, 2.24) is 24.6 Å². The maximum Gasteiger partial charge on any atom is 0.337 e. The summed E-state index contributed by atoms with van der Waals surface area (Å²) in [6, 6.07) is 15.4. The van der Waals surface area contributed by atoms with Gasteiger partial charge >= 0.3 is 5.97 Å². The molecule has 0 aliphatic heterocycles. The maximum atomic E-state index is 10.8. The van der Waals surface area contributed by atoms with Crippen LogP contribution >= 0.6 is 0 Å². The van der Waals surface area contributed by atoms with Crippen molar-refractivity contribution in [3.05, 3.63) is 84.1 Å². The zero-order valence-corrected chi connectivity index (χ0v) is 17.6. The quantitative estimate of drug-likeness (QED) is 0.498.